The van der Waals surface area contributed by atoms with Crippen LogP contribution in [0.2, 0.25) is 0 Å². The number of benzene rings is 3. The molecule has 0 N–H and O–H groups in total. The number of carbonyl (C=O) groups is 3. The smallest absolute Gasteiger partial charge is 0.302 e. The van der Waals surface area contributed by atoms with Crippen molar-refractivity contribution in [1.29, 1.82) is 0 Å². The van der Waals surface area contributed by atoms with Crippen LogP contribution >= 0.6 is 15.9 Å². The number of fused-ring (bicyclic) bond motifs is 9. The Labute approximate surface area is 214 Å². The van der Waals surface area contributed by atoms with Crippen LogP contribution in [0.15, 0.2) is 46.9 Å². The Bertz CT molecular complexity index is 1830. The third-order valence-corrected chi connectivity index (χ3v) is 8.13. The molecule has 0 radical (unpaired) electrons. The largest absolute Gasteiger partial charge is 0.465 e. The van der Waals surface area contributed by atoms with E-state index in [4.69, 9.17) is 4.74 Å². The van der Waals surface area contributed by atoms with E-state index < -0.39 is 0 Å². The van der Waals surface area contributed by atoms with Crippen LogP contribution in [-0.4, -0.2) is 38.4 Å². The number of ether oxygens (including phenoxy) is 1. The second-order valence-corrected chi connectivity index (χ2v) is 10.7. The molecule has 4 heterocycles. The molecule has 1 unspecified atom stereocenters. The molecule has 1 atom stereocenters. The molecular formula is C28H22BrN3O4. The van der Waals surface area contributed by atoms with Crippen LogP contribution in [0.3, 0.4) is 0 Å². The van der Waals surface area contributed by atoms with Crippen LogP contribution in [0, 0.1) is 5.92 Å². The Kier molecular flexibility index (Phi) is 4.46. The number of aromatic nitrogens is 2. The average molecular weight is 544 g/mol. The predicted molar refractivity (Wildman–Crippen MR) is 141 cm³/mol. The fourth-order valence-corrected chi connectivity index (χ4v) is 6.63. The Morgan fingerprint density at radius 2 is 1.67 bits per heavy atom. The van der Waals surface area contributed by atoms with Crippen LogP contribution in [0.5, 0.6) is 0 Å². The molecular weight excluding hydrogens is 522 g/mol. The zero-order chi connectivity index (χ0) is 24.9. The summed E-state index contributed by atoms with van der Waals surface area (Å²) >= 11 is 3.62. The lowest BCUT2D eigenvalue weighted by molar-refractivity contribution is -0.142. The maximum absolute atomic E-state index is 13.7. The monoisotopic (exact) mass is 543 g/mol. The number of carbonyl (C=O) groups excluding carboxylic acids is 3. The minimum absolute atomic E-state index is 0.0435. The molecule has 0 bridgehead atoms. The van der Waals surface area contributed by atoms with Crippen LogP contribution in [0.1, 0.15) is 29.8 Å². The zero-order valence-electron chi connectivity index (χ0n) is 19.8. The van der Waals surface area contributed by atoms with E-state index in [2.05, 4.69) is 49.3 Å². The summed E-state index contributed by atoms with van der Waals surface area (Å²) in [6, 6.07) is 14.4. The number of halogens is 1. The van der Waals surface area contributed by atoms with Gasteiger partial charge in [0.15, 0.2) is 0 Å². The standard InChI is InChI=1S/C28H22BrN3O4/c1-14(33)30-12-20-23-18-5-3-4-6-21(18)31-10-16(13-36-15(2)34)11-32-22-8-7-17(29)9-19(22)24(25(20)28(30)35)27(32)26(23)31/h3-9,16H,10-13H2,1-2H3. The Balaban J connectivity index is 1.70. The maximum atomic E-state index is 13.7. The van der Waals surface area contributed by atoms with Crippen molar-refractivity contribution in [3.05, 3.63) is 58.1 Å². The summed E-state index contributed by atoms with van der Waals surface area (Å²) in [5.74, 6) is -0.739. The van der Waals surface area contributed by atoms with Crippen molar-refractivity contribution >= 4 is 77.3 Å². The first kappa shape index (κ1) is 21.6. The molecule has 2 aliphatic rings. The van der Waals surface area contributed by atoms with Crippen LogP contribution in [0.25, 0.3) is 43.6 Å². The molecule has 5 aromatic rings. The SMILES string of the molecule is CC(=O)OCC1Cn2c3ccccc3c3c4c(c5c6cc(Br)ccc6n(c5c32)C1)C(=O)N(C(C)=O)C4. The van der Waals surface area contributed by atoms with E-state index >= 15 is 0 Å². The summed E-state index contributed by atoms with van der Waals surface area (Å²) in [7, 11) is 0. The molecule has 0 aliphatic carbocycles. The first-order valence-electron chi connectivity index (χ1n) is 12.0. The van der Waals surface area contributed by atoms with E-state index in [-0.39, 0.29) is 30.2 Å². The number of rotatable bonds is 2. The summed E-state index contributed by atoms with van der Waals surface area (Å²) in [4.78, 5) is 39.2. The van der Waals surface area contributed by atoms with Gasteiger partial charge >= 0.3 is 5.97 Å². The minimum Gasteiger partial charge on any atom is -0.465 e. The molecule has 0 saturated carbocycles. The highest BCUT2D eigenvalue weighted by molar-refractivity contribution is 9.10. The molecule has 3 aromatic carbocycles. The van der Waals surface area contributed by atoms with Crippen molar-refractivity contribution in [2.75, 3.05) is 6.61 Å². The number of para-hydroxylation sites is 1. The van der Waals surface area contributed by atoms with Crippen molar-refractivity contribution in [1.82, 2.24) is 14.0 Å². The summed E-state index contributed by atoms with van der Waals surface area (Å²) in [5, 5.41) is 3.96. The van der Waals surface area contributed by atoms with Gasteiger partial charge < -0.3 is 13.9 Å². The Morgan fingerprint density at radius 1 is 0.972 bits per heavy atom. The van der Waals surface area contributed by atoms with Gasteiger partial charge in [0.25, 0.3) is 5.91 Å². The van der Waals surface area contributed by atoms with Gasteiger partial charge in [0.05, 0.1) is 29.7 Å². The molecule has 7 rings (SSSR count). The fraction of sp³-hybridized carbons (Fsp3) is 0.250. The van der Waals surface area contributed by atoms with Crippen molar-refractivity contribution < 1.29 is 19.1 Å². The average Bonchev–Trinajstić information content (AvgIpc) is 3.41. The predicted octanol–water partition coefficient (Wildman–Crippen LogP) is 5.36. The summed E-state index contributed by atoms with van der Waals surface area (Å²) in [5.41, 5.74) is 5.69. The third-order valence-electron chi connectivity index (χ3n) is 7.63. The number of imide groups is 1. The van der Waals surface area contributed by atoms with E-state index in [1.807, 2.05) is 18.2 Å². The number of esters is 1. The lowest BCUT2D eigenvalue weighted by atomic mass is 9.97. The summed E-state index contributed by atoms with van der Waals surface area (Å²) in [6.45, 7) is 4.78. The van der Waals surface area contributed by atoms with Gasteiger partial charge in [0.2, 0.25) is 5.91 Å². The van der Waals surface area contributed by atoms with Crippen molar-refractivity contribution in [2.24, 2.45) is 5.92 Å². The molecule has 0 fully saturated rings. The molecule has 2 amide bonds. The molecule has 2 aromatic heterocycles. The normalized spacial score (nSPS) is 17.0. The van der Waals surface area contributed by atoms with Gasteiger partial charge in [0, 0.05) is 69.9 Å². The highest BCUT2D eigenvalue weighted by Gasteiger charge is 2.38. The van der Waals surface area contributed by atoms with Crippen LogP contribution in [-0.2, 0) is 34.0 Å². The molecule has 2 aliphatic heterocycles. The molecule has 36 heavy (non-hydrogen) atoms. The molecule has 7 nitrogen and oxygen atoms in total. The van der Waals surface area contributed by atoms with E-state index in [0.29, 0.717) is 25.3 Å². The second kappa shape index (κ2) is 7.43. The number of amides is 2. The van der Waals surface area contributed by atoms with Crippen molar-refractivity contribution in [2.45, 2.75) is 33.5 Å². The Morgan fingerprint density at radius 3 is 2.39 bits per heavy atom. The van der Waals surface area contributed by atoms with E-state index in [0.717, 1.165) is 53.6 Å². The van der Waals surface area contributed by atoms with Gasteiger partial charge in [-0.2, -0.15) is 0 Å². The van der Waals surface area contributed by atoms with E-state index in [9.17, 15) is 14.4 Å². The number of hydrogen-bond acceptors (Lipinski definition) is 4. The molecule has 0 saturated heterocycles. The number of nitrogens with zero attached hydrogens (tertiary/aromatic N) is 3. The highest BCUT2D eigenvalue weighted by atomic mass is 79.9. The Hall–Kier alpha value is -3.65. The quantitative estimate of drug-likeness (QED) is 0.281. The minimum atomic E-state index is -0.292. The van der Waals surface area contributed by atoms with E-state index in [1.165, 1.54) is 18.7 Å². The number of hydrogen-bond donors (Lipinski definition) is 0. The van der Waals surface area contributed by atoms with E-state index in [1.54, 1.807) is 0 Å². The summed E-state index contributed by atoms with van der Waals surface area (Å²) < 4.78 is 11.0. The van der Waals surface area contributed by atoms with Crippen LogP contribution < -0.4 is 0 Å². The molecule has 0 spiro atoms. The van der Waals surface area contributed by atoms with Crippen LogP contribution in [0.4, 0.5) is 0 Å². The lowest BCUT2D eigenvalue weighted by Crippen LogP contribution is -2.28. The van der Waals surface area contributed by atoms with Crippen molar-refractivity contribution in [3.8, 4) is 0 Å². The highest BCUT2D eigenvalue weighted by Crippen LogP contribution is 2.48. The van der Waals surface area contributed by atoms with Crippen molar-refractivity contribution in [3.63, 3.8) is 0 Å². The third kappa shape index (κ3) is 2.76. The molecule has 8 heteroatoms. The van der Waals surface area contributed by atoms with Gasteiger partial charge in [0.1, 0.15) is 0 Å². The fourth-order valence-electron chi connectivity index (χ4n) is 6.26. The maximum Gasteiger partial charge on any atom is 0.302 e. The van der Waals surface area contributed by atoms with Gasteiger partial charge in [-0.05, 0) is 29.8 Å². The second-order valence-electron chi connectivity index (χ2n) is 9.78. The van der Waals surface area contributed by atoms with Gasteiger partial charge in [-0.1, -0.05) is 34.1 Å². The molecule has 180 valence electrons. The lowest BCUT2D eigenvalue weighted by Gasteiger charge is -2.17. The van der Waals surface area contributed by atoms with Gasteiger partial charge in [-0.25, -0.2) is 0 Å². The zero-order valence-corrected chi connectivity index (χ0v) is 21.4. The topological polar surface area (TPSA) is 73.5 Å². The van der Waals surface area contributed by atoms with Gasteiger partial charge in [-0.15, -0.1) is 0 Å². The van der Waals surface area contributed by atoms with Gasteiger partial charge in [-0.3, -0.25) is 19.3 Å². The summed E-state index contributed by atoms with van der Waals surface area (Å²) in [6.07, 6.45) is 0. The first-order chi connectivity index (χ1) is 17.3. The first-order valence-corrected chi connectivity index (χ1v) is 12.8.